The van der Waals surface area contributed by atoms with Gasteiger partial charge >= 0.3 is 0 Å². The lowest BCUT2D eigenvalue weighted by molar-refractivity contribution is 0.0300. The summed E-state index contributed by atoms with van der Waals surface area (Å²) in [5.41, 5.74) is -0.182. The van der Waals surface area contributed by atoms with E-state index >= 15 is 0 Å². The molecule has 0 aliphatic carbocycles. The normalized spacial score (nSPS) is 18.6. The van der Waals surface area contributed by atoms with Gasteiger partial charge in [-0.3, -0.25) is 4.90 Å². The molecule has 0 saturated carbocycles. The van der Waals surface area contributed by atoms with Crippen LogP contribution in [-0.2, 0) is 12.1 Å². The lowest BCUT2D eigenvalue weighted by Crippen LogP contribution is -2.46. The summed E-state index contributed by atoms with van der Waals surface area (Å²) in [6.45, 7) is 4.24. The van der Waals surface area contributed by atoms with Crippen LogP contribution in [0.3, 0.4) is 0 Å². The van der Waals surface area contributed by atoms with Gasteiger partial charge in [0.15, 0.2) is 5.60 Å². The molecule has 4 aromatic rings. The van der Waals surface area contributed by atoms with E-state index in [0.717, 1.165) is 19.4 Å². The molecule has 8 heteroatoms. The van der Waals surface area contributed by atoms with Gasteiger partial charge in [-0.25, -0.2) is 0 Å². The van der Waals surface area contributed by atoms with Gasteiger partial charge in [0.1, 0.15) is 11.9 Å². The molecule has 5 rings (SSSR count). The molecule has 3 aromatic carbocycles. The Bertz CT molecular complexity index is 1280. The monoisotopic (exact) mass is 537 g/mol. The average Bonchev–Trinajstić information content (AvgIpc) is 3.40. The molecule has 0 radical (unpaired) electrons. The highest BCUT2D eigenvalue weighted by molar-refractivity contribution is 6.42. The number of hydrogen-bond acceptors (Lipinski definition) is 6. The quantitative estimate of drug-likeness (QED) is 0.282. The Balaban J connectivity index is 1.35. The van der Waals surface area contributed by atoms with E-state index in [1.165, 1.54) is 0 Å². The molecule has 2 unspecified atom stereocenters. The molecule has 1 aromatic heterocycles. The zero-order valence-corrected chi connectivity index (χ0v) is 22.1. The van der Waals surface area contributed by atoms with Crippen molar-refractivity contribution in [1.29, 1.82) is 0 Å². The first-order chi connectivity index (χ1) is 18.0. The van der Waals surface area contributed by atoms with Crippen LogP contribution in [0.2, 0.25) is 10.0 Å². The maximum atomic E-state index is 11.9. The van der Waals surface area contributed by atoms with E-state index in [1.807, 2.05) is 66.7 Å². The molecule has 0 spiro atoms. The number of aromatic nitrogens is 2. The van der Waals surface area contributed by atoms with Crippen LogP contribution in [0.15, 0.2) is 83.4 Å². The number of halogens is 2. The Morgan fingerprint density at radius 2 is 1.68 bits per heavy atom. The molecule has 1 N–H and O–H groups in total. The fourth-order valence-corrected chi connectivity index (χ4v) is 5.23. The summed E-state index contributed by atoms with van der Waals surface area (Å²) in [5.74, 6) is 1.79. The van der Waals surface area contributed by atoms with Crippen molar-refractivity contribution in [2.24, 2.45) is 5.92 Å². The topological polar surface area (TPSA) is 71.6 Å². The molecule has 1 aliphatic heterocycles. The Morgan fingerprint density at radius 3 is 2.30 bits per heavy atom. The number of likely N-dealkylation sites (tertiary alicyclic amines) is 1. The van der Waals surface area contributed by atoms with Gasteiger partial charge in [0.05, 0.1) is 16.6 Å². The van der Waals surface area contributed by atoms with E-state index in [1.54, 1.807) is 12.1 Å². The van der Waals surface area contributed by atoms with E-state index in [4.69, 9.17) is 32.5 Å². The summed E-state index contributed by atoms with van der Waals surface area (Å²) in [7, 11) is 0. The first kappa shape index (κ1) is 25.7. The Kier molecular flexibility index (Phi) is 7.81. The summed E-state index contributed by atoms with van der Waals surface area (Å²) < 4.78 is 12.0. The number of benzene rings is 3. The molecular weight excluding hydrogens is 509 g/mol. The van der Waals surface area contributed by atoms with Crippen molar-refractivity contribution < 1.29 is 14.4 Å². The number of hydrogen-bond donors (Lipinski definition) is 1. The molecule has 1 aliphatic rings. The molecule has 0 bridgehead atoms. The summed E-state index contributed by atoms with van der Waals surface area (Å²) in [4.78, 5) is 6.90. The summed E-state index contributed by atoms with van der Waals surface area (Å²) >= 11 is 12.3. The van der Waals surface area contributed by atoms with Crippen molar-refractivity contribution in [3.05, 3.63) is 112 Å². The molecule has 6 nitrogen and oxygen atoms in total. The van der Waals surface area contributed by atoms with Crippen molar-refractivity contribution >= 4 is 23.2 Å². The number of piperidine rings is 1. The third kappa shape index (κ3) is 5.53. The zero-order valence-electron chi connectivity index (χ0n) is 20.6. The van der Waals surface area contributed by atoms with Gasteiger partial charge in [0.25, 0.3) is 0 Å². The highest BCUT2D eigenvalue weighted by atomic mass is 35.5. The van der Waals surface area contributed by atoms with Crippen LogP contribution in [0.25, 0.3) is 0 Å². The number of rotatable bonds is 8. The van der Waals surface area contributed by atoms with Crippen molar-refractivity contribution in [3.63, 3.8) is 0 Å². The highest BCUT2D eigenvalue weighted by Gasteiger charge is 2.39. The smallest absolute Gasteiger partial charge is 0.240 e. The van der Waals surface area contributed by atoms with Gasteiger partial charge in [0.2, 0.25) is 11.7 Å². The second-order valence-corrected chi connectivity index (χ2v) is 10.2. The molecular formula is C29H29Cl2N3O3. The molecule has 2 heterocycles. The maximum Gasteiger partial charge on any atom is 0.240 e. The first-order valence-electron chi connectivity index (χ1n) is 12.5. The molecule has 1 fully saturated rings. The van der Waals surface area contributed by atoms with Crippen LogP contribution in [0.4, 0.5) is 0 Å². The minimum Gasteiger partial charge on any atom is -0.489 e. The van der Waals surface area contributed by atoms with Gasteiger partial charge in [-0.15, -0.1) is 0 Å². The van der Waals surface area contributed by atoms with Gasteiger partial charge in [-0.1, -0.05) is 95.9 Å². The van der Waals surface area contributed by atoms with Gasteiger partial charge in [-0.05, 0) is 48.6 Å². The summed E-state index contributed by atoms with van der Waals surface area (Å²) in [6.07, 6.45) is 2.00. The molecule has 2 atom stereocenters. The second-order valence-electron chi connectivity index (χ2n) is 9.38. The molecule has 192 valence electrons. The van der Waals surface area contributed by atoms with Crippen LogP contribution >= 0.6 is 23.2 Å². The van der Waals surface area contributed by atoms with E-state index in [2.05, 4.69) is 22.0 Å². The molecule has 37 heavy (non-hydrogen) atoms. The standard InChI is InChI=1S/C29H29Cl2N3O3/c1-2-20-15-16-34(18-26(20)36-23-13-14-24(30)25(31)17-23)19-27-32-28(33-37-27)29(35,21-9-5-3-6-10-21)22-11-7-4-8-12-22/h3-14,17,20,26,35H,2,15-16,18-19H2,1H3. The SMILES string of the molecule is CCC1CCN(Cc2nc(C(O)(c3ccccc3)c3ccccc3)no2)CC1Oc1ccc(Cl)c(Cl)c1. The van der Waals surface area contributed by atoms with Crippen molar-refractivity contribution in [2.45, 2.75) is 38.0 Å². The van der Waals surface area contributed by atoms with E-state index in [-0.39, 0.29) is 11.9 Å². The van der Waals surface area contributed by atoms with Gasteiger partial charge in [0, 0.05) is 12.6 Å². The fraction of sp³-hybridized carbons (Fsp3) is 0.310. The first-order valence-corrected chi connectivity index (χ1v) is 13.2. The number of ether oxygens (including phenoxy) is 1. The Morgan fingerprint density at radius 1 is 1.00 bits per heavy atom. The van der Waals surface area contributed by atoms with Crippen molar-refractivity contribution in [2.75, 3.05) is 13.1 Å². The third-order valence-corrected chi connectivity index (χ3v) is 7.76. The number of aliphatic hydroxyl groups is 1. The summed E-state index contributed by atoms with van der Waals surface area (Å²) in [5, 5.41) is 17.1. The van der Waals surface area contributed by atoms with E-state index < -0.39 is 5.60 Å². The van der Waals surface area contributed by atoms with Crippen LogP contribution in [0.1, 0.15) is 42.6 Å². The lowest BCUT2D eigenvalue weighted by atomic mass is 9.85. The Hall–Kier alpha value is -2.90. The average molecular weight is 538 g/mol. The Labute approximate surface area is 226 Å². The van der Waals surface area contributed by atoms with Gasteiger partial charge < -0.3 is 14.4 Å². The third-order valence-electron chi connectivity index (χ3n) is 7.02. The minimum absolute atomic E-state index is 0.0102. The lowest BCUT2D eigenvalue weighted by Gasteiger charge is -2.37. The van der Waals surface area contributed by atoms with Crippen LogP contribution in [0, 0.1) is 5.92 Å². The molecule has 0 amide bonds. The molecule has 1 saturated heterocycles. The predicted octanol–water partition coefficient (Wildman–Crippen LogP) is 6.34. The fourth-order valence-electron chi connectivity index (χ4n) is 4.94. The number of nitrogens with zero attached hydrogens (tertiary/aromatic N) is 3. The highest BCUT2D eigenvalue weighted by Crippen LogP contribution is 2.35. The van der Waals surface area contributed by atoms with Crippen molar-refractivity contribution in [3.8, 4) is 5.75 Å². The van der Waals surface area contributed by atoms with E-state index in [0.29, 0.717) is 51.8 Å². The van der Waals surface area contributed by atoms with E-state index in [9.17, 15) is 5.11 Å². The van der Waals surface area contributed by atoms with Gasteiger partial charge in [-0.2, -0.15) is 4.98 Å². The van der Waals surface area contributed by atoms with Crippen molar-refractivity contribution in [1.82, 2.24) is 15.0 Å². The largest absolute Gasteiger partial charge is 0.489 e. The van der Waals surface area contributed by atoms with Crippen LogP contribution < -0.4 is 4.74 Å². The second kappa shape index (κ2) is 11.2. The summed E-state index contributed by atoms with van der Waals surface area (Å²) in [6, 6.07) is 24.2. The minimum atomic E-state index is -1.53. The van der Waals surface area contributed by atoms with Crippen LogP contribution in [-0.4, -0.2) is 39.3 Å². The van der Waals surface area contributed by atoms with Crippen LogP contribution in [0.5, 0.6) is 5.75 Å². The predicted molar refractivity (Wildman–Crippen MR) is 144 cm³/mol. The maximum absolute atomic E-state index is 11.9. The zero-order chi connectivity index (χ0) is 25.8.